The van der Waals surface area contributed by atoms with Crippen molar-refractivity contribution < 1.29 is 9.90 Å². The number of carbonyl (C=O) groups is 1. The number of carbonyl (C=O) groups excluding carboxylic acids is 1. The number of piperidine rings is 1. The lowest BCUT2D eigenvalue weighted by Crippen LogP contribution is -2.50. The van der Waals surface area contributed by atoms with Crippen molar-refractivity contribution in [3.8, 4) is 0 Å². The predicted octanol–water partition coefficient (Wildman–Crippen LogP) is 0.132. The smallest absolute Gasteiger partial charge is 0.138 e. The second-order valence-corrected chi connectivity index (χ2v) is 3.71. The van der Waals surface area contributed by atoms with E-state index in [1.54, 1.807) is 0 Å². The van der Waals surface area contributed by atoms with Crippen LogP contribution in [0.1, 0.15) is 25.7 Å². The Morgan fingerprint density at radius 3 is 3.09 bits per heavy atom. The third kappa shape index (κ3) is 0.914. The van der Waals surface area contributed by atoms with Crippen molar-refractivity contribution in [2.75, 3.05) is 7.05 Å². The summed E-state index contributed by atoms with van der Waals surface area (Å²) >= 11 is 0. The quantitative estimate of drug-likeness (QED) is 0.540. The van der Waals surface area contributed by atoms with E-state index in [9.17, 15) is 9.90 Å². The van der Waals surface area contributed by atoms with Crippen LogP contribution in [0.3, 0.4) is 0 Å². The standard InChI is InChI=1S/C8H13NO2/c1-9-6-2-3-8(9,11)5-7(10)4-6/h6,11H,2-5H2,1H3/t6-,8-/m0/s1. The lowest BCUT2D eigenvalue weighted by molar-refractivity contribution is -0.144. The fourth-order valence-electron chi connectivity index (χ4n) is 2.21. The van der Waals surface area contributed by atoms with Gasteiger partial charge in [-0.3, -0.25) is 9.69 Å². The van der Waals surface area contributed by atoms with E-state index in [0.717, 1.165) is 12.8 Å². The van der Waals surface area contributed by atoms with E-state index < -0.39 is 5.72 Å². The van der Waals surface area contributed by atoms with Gasteiger partial charge in [-0.2, -0.15) is 0 Å². The van der Waals surface area contributed by atoms with Gasteiger partial charge >= 0.3 is 0 Å². The first-order chi connectivity index (χ1) is 5.12. The van der Waals surface area contributed by atoms with Gasteiger partial charge in [0.15, 0.2) is 0 Å². The molecule has 0 unspecified atom stereocenters. The van der Waals surface area contributed by atoms with Crippen LogP contribution in [0.15, 0.2) is 0 Å². The first-order valence-electron chi connectivity index (χ1n) is 4.09. The zero-order chi connectivity index (χ0) is 8.06. The van der Waals surface area contributed by atoms with E-state index in [0.29, 0.717) is 18.9 Å². The predicted molar refractivity (Wildman–Crippen MR) is 40.0 cm³/mol. The van der Waals surface area contributed by atoms with Crippen molar-refractivity contribution >= 4 is 5.78 Å². The number of hydrogen-bond acceptors (Lipinski definition) is 3. The first-order valence-corrected chi connectivity index (χ1v) is 4.09. The van der Waals surface area contributed by atoms with Gasteiger partial charge in [-0.1, -0.05) is 0 Å². The van der Waals surface area contributed by atoms with E-state index in [1.165, 1.54) is 0 Å². The van der Waals surface area contributed by atoms with Crippen molar-refractivity contribution in [1.82, 2.24) is 4.90 Å². The molecule has 0 aromatic heterocycles. The van der Waals surface area contributed by atoms with Gasteiger partial charge in [-0.05, 0) is 19.9 Å². The maximum atomic E-state index is 11.1. The first kappa shape index (κ1) is 7.25. The molecule has 11 heavy (non-hydrogen) atoms. The Balaban J connectivity index is 2.27. The van der Waals surface area contributed by atoms with E-state index in [-0.39, 0.29) is 5.78 Å². The maximum Gasteiger partial charge on any atom is 0.138 e. The molecule has 62 valence electrons. The summed E-state index contributed by atoms with van der Waals surface area (Å²) < 4.78 is 0. The molecular weight excluding hydrogens is 142 g/mol. The molecule has 0 saturated carbocycles. The second-order valence-electron chi connectivity index (χ2n) is 3.71. The number of fused-ring (bicyclic) bond motifs is 2. The van der Waals surface area contributed by atoms with Crippen LogP contribution >= 0.6 is 0 Å². The van der Waals surface area contributed by atoms with Crippen LogP contribution in [0.25, 0.3) is 0 Å². The number of aliphatic hydroxyl groups is 1. The van der Waals surface area contributed by atoms with Gasteiger partial charge in [0, 0.05) is 18.9 Å². The van der Waals surface area contributed by atoms with E-state index in [1.807, 2.05) is 11.9 Å². The van der Waals surface area contributed by atoms with Crippen LogP contribution in [0.4, 0.5) is 0 Å². The monoisotopic (exact) mass is 155 g/mol. The highest BCUT2D eigenvalue weighted by molar-refractivity contribution is 5.81. The highest BCUT2D eigenvalue weighted by Gasteiger charge is 2.48. The van der Waals surface area contributed by atoms with Crippen molar-refractivity contribution in [1.29, 1.82) is 0 Å². The van der Waals surface area contributed by atoms with Crippen LogP contribution in [0.5, 0.6) is 0 Å². The molecule has 3 nitrogen and oxygen atoms in total. The van der Waals surface area contributed by atoms with Gasteiger partial charge in [-0.15, -0.1) is 0 Å². The number of ketones is 1. The van der Waals surface area contributed by atoms with Crippen LogP contribution in [-0.4, -0.2) is 34.6 Å². The third-order valence-electron chi connectivity index (χ3n) is 3.03. The van der Waals surface area contributed by atoms with Crippen molar-refractivity contribution in [2.45, 2.75) is 37.5 Å². The minimum absolute atomic E-state index is 0.216. The number of rotatable bonds is 0. The molecule has 0 aliphatic carbocycles. The Hall–Kier alpha value is -0.410. The largest absolute Gasteiger partial charge is 0.375 e. The Morgan fingerprint density at radius 1 is 1.73 bits per heavy atom. The van der Waals surface area contributed by atoms with Crippen LogP contribution in [0, 0.1) is 0 Å². The zero-order valence-corrected chi connectivity index (χ0v) is 6.71. The summed E-state index contributed by atoms with van der Waals surface area (Å²) in [5.74, 6) is 0.216. The fourth-order valence-corrected chi connectivity index (χ4v) is 2.21. The summed E-state index contributed by atoms with van der Waals surface area (Å²) in [6.07, 6.45) is 2.71. The maximum absolute atomic E-state index is 11.1. The molecular formula is C8H13NO2. The SMILES string of the molecule is CN1[C@H]2CC[C@]1(O)CC(=O)C2. The lowest BCUT2D eigenvalue weighted by atomic mass is 10.00. The Kier molecular flexibility index (Phi) is 1.35. The summed E-state index contributed by atoms with van der Waals surface area (Å²) in [5, 5.41) is 9.87. The molecule has 2 rings (SSSR count). The second kappa shape index (κ2) is 2.05. The zero-order valence-electron chi connectivity index (χ0n) is 6.71. The van der Waals surface area contributed by atoms with Gasteiger partial charge in [0.25, 0.3) is 0 Å². The number of Topliss-reactive ketones (excluding diaryl/α,β-unsaturated/α-hetero) is 1. The summed E-state index contributed by atoms with van der Waals surface area (Å²) in [4.78, 5) is 13.0. The average Bonchev–Trinajstić information content (AvgIpc) is 2.17. The van der Waals surface area contributed by atoms with Crippen molar-refractivity contribution in [3.05, 3.63) is 0 Å². The molecule has 1 N–H and O–H groups in total. The average molecular weight is 155 g/mol. The molecule has 0 aromatic rings. The summed E-state index contributed by atoms with van der Waals surface area (Å²) in [5.41, 5.74) is -0.792. The van der Waals surface area contributed by atoms with Gasteiger partial charge in [0.2, 0.25) is 0 Å². The van der Waals surface area contributed by atoms with E-state index in [2.05, 4.69) is 0 Å². The molecule has 0 spiro atoms. The molecule has 0 aromatic carbocycles. The lowest BCUT2D eigenvalue weighted by Gasteiger charge is -2.37. The van der Waals surface area contributed by atoms with Crippen LogP contribution in [0.2, 0.25) is 0 Å². The van der Waals surface area contributed by atoms with Crippen molar-refractivity contribution in [3.63, 3.8) is 0 Å². The molecule has 2 bridgehead atoms. The van der Waals surface area contributed by atoms with Gasteiger partial charge in [0.1, 0.15) is 11.5 Å². The van der Waals surface area contributed by atoms with Gasteiger partial charge < -0.3 is 5.11 Å². The van der Waals surface area contributed by atoms with Crippen molar-refractivity contribution in [2.24, 2.45) is 0 Å². The molecule has 2 aliphatic heterocycles. The normalized spacial score (nSPS) is 44.9. The summed E-state index contributed by atoms with van der Waals surface area (Å²) in [6.45, 7) is 0. The molecule has 2 heterocycles. The van der Waals surface area contributed by atoms with E-state index in [4.69, 9.17) is 0 Å². The third-order valence-corrected chi connectivity index (χ3v) is 3.03. The topological polar surface area (TPSA) is 40.5 Å². The summed E-state index contributed by atoms with van der Waals surface area (Å²) in [6, 6.07) is 0.307. The molecule has 2 atom stereocenters. The molecule has 0 radical (unpaired) electrons. The van der Waals surface area contributed by atoms with Gasteiger partial charge in [0.05, 0.1) is 0 Å². The fraction of sp³-hybridized carbons (Fsp3) is 0.875. The van der Waals surface area contributed by atoms with Gasteiger partial charge in [-0.25, -0.2) is 0 Å². The highest BCUT2D eigenvalue weighted by Crippen LogP contribution is 2.39. The number of hydrogen-bond donors (Lipinski definition) is 1. The molecule has 2 aliphatic rings. The number of nitrogens with zero attached hydrogens (tertiary/aromatic N) is 1. The van der Waals surface area contributed by atoms with E-state index >= 15 is 0 Å². The molecule has 2 fully saturated rings. The Labute approximate surface area is 66.0 Å². The highest BCUT2D eigenvalue weighted by atomic mass is 16.3. The minimum Gasteiger partial charge on any atom is -0.375 e. The Morgan fingerprint density at radius 2 is 2.45 bits per heavy atom. The Bertz CT molecular complexity index is 204. The summed E-state index contributed by atoms with van der Waals surface area (Å²) in [7, 11) is 1.91. The minimum atomic E-state index is -0.792. The molecule has 0 amide bonds. The molecule has 3 heteroatoms. The van der Waals surface area contributed by atoms with Crippen LogP contribution in [-0.2, 0) is 4.79 Å². The van der Waals surface area contributed by atoms with Crippen LogP contribution < -0.4 is 0 Å². The molecule has 2 saturated heterocycles.